The largest absolute Gasteiger partial charge is 0.489 e. The Balaban J connectivity index is 1.29. The molecule has 1 heterocycles. The Morgan fingerprint density at radius 3 is 2.47 bits per heavy atom. The summed E-state index contributed by atoms with van der Waals surface area (Å²) in [5, 5.41) is 12.6. The average Bonchev–Trinajstić information content (AvgIpc) is 3.15. The fourth-order valence-electron chi connectivity index (χ4n) is 3.96. The fraction of sp³-hybridized carbons (Fsp3) is 0.0714. The van der Waals surface area contributed by atoms with Crippen molar-refractivity contribution in [2.24, 2.45) is 0 Å². The van der Waals surface area contributed by atoms with Gasteiger partial charge in [0.25, 0.3) is 16.8 Å². The first kappa shape index (κ1) is 23.3. The quantitative estimate of drug-likeness (QED) is 0.163. The molecule has 0 saturated carbocycles. The van der Waals surface area contributed by atoms with Crippen LogP contribution in [0.4, 0.5) is 10.5 Å². The lowest BCUT2D eigenvalue weighted by atomic mass is 10.0. The molecule has 8 heteroatoms. The van der Waals surface area contributed by atoms with E-state index in [0.717, 1.165) is 39.2 Å². The number of imide groups is 1. The Hall–Kier alpha value is -4.43. The van der Waals surface area contributed by atoms with Crippen molar-refractivity contribution in [2.75, 3.05) is 0 Å². The molecule has 0 radical (unpaired) electrons. The lowest BCUT2D eigenvalue weighted by molar-refractivity contribution is -0.384. The van der Waals surface area contributed by atoms with Gasteiger partial charge in [-0.05, 0) is 69.6 Å². The Kier molecular flexibility index (Phi) is 6.51. The van der Waals surface area contributed by atoms with E-state index in [1.165, 1.54) is 17.0 Å². The number of nitrogens with zero attached hydrogens (tertiary/aromatic N) is 2. The molecule has 0 bridgehead atoms. The molecule has 4 aromatic rings. The minimum Gasteiger partial charge on any atom is -0.489 e. The highest BCUT2D eigenvalue weighted by atomic mass is 32.2. The van der Waals surface area contributed by atoms with E-state index in [4.69, 9.17) is 4.74 Å². The Morgan fingerprint density at radius 1 is 0.917 bits per heavy atom. The Bertz CT molecular complexity index is 1510. The smallest absolute Gasteiger partial charge is 0.293 e. The lowest BCUT2D eigenvalue weighted by Crippen LogP contribution is -2.27. The molecule has 36 heavy (non-hydrogen) atoms. The third-order valence-corrected chi connectivity index (χ3v) is 6.70. The van der Waals surface area contributed by atoms with E-state index in [0.29, 0.717) is 10.7 Å². The van der Waals surface area contributed by atoms with E-state index < -0.39 is 4.92 Å². The van der Waals surface area contributed by atoms with Crippen molar-refractivity contribution < 1.29 is 19.2 Å². The third kappa shape index (κ3) is 4.99. The Labute approximate surface area is 211 Å². The first-order chi connectivity index (χ1) is 17.5. The number of nitro groups is 1. The summed E-state index contributed by atoms with van der Waals surface area (Å²) in [4.78, 5) is 37.7. The molecule has 1 aliphatic heterocycles. The van der Waals surface area contributed by atoms with E-state index in [9.17, 15) is 19.7 Å². The fourth-order valence-corrected chi connectivity index (χ4v) is 4.80. The van der Waals surface area contributed by atoms with Gasteiger partial charge < -0.3 is 4.74 Å². The summed E-state index contributed by atoms with van der Waals surface area (Å²) in [6.45, 7) is 0.449. The van der Waals surface area contributed by atoms with Crippen LogP contribution in [0.25, 0.3) is 16.8 Å². The highest BCUT2D eigenvalue weighted by Gasteiger charge is 2.35. The van der Waals surface area contributed by atoms with Gasteiger partial charge in [-0.25, -0.2) is 0 Å². The number of hydrogen-bond acceptors (Lipinski definition) is 6. The van der Waals surface area contributed by atoms with Crippen molar-refractivity contribution in [3.05, 3.63) is 123 Å². The molecule has 1 fully saturated rings. The maximum absolute atomic E-state index is 13.1. The molecule has 0 N–H and O–H groups in total. The molecule has 1 saturated heterocycles. The van der Waals surface area contributed by atoms with E-state index in [-0.39, 0.29) is 30.0 Å². The van der Waals surface area contributed by atoms with Gasteiger partial charge in [-0.15, -0.1) is 0 Å². The number of rotatable bonds is 7. The zero-order valence-corrected chi connectivity index (χ0v) is 19.8. The monoisotopic (exact) mass is 496 g/mol. The van der Waals surface area contributed by atoms with Gasteiger partial charge in [0.15, 0.2) is 0 Å². The van der Waals surface area contributed by atoms with E-state index in [2.05, 4.69) is 0 Å². The molecule has 0 unspecified atom stereocenters. The summed E-state index contributed by atoms with van der Waals surface area (Å²) in [5.41, 5.74) is 2.46. The number of non-ortho nitro benzene ring substituents is 1. The van der Waals surface area contributed by atoms with Gasteiger partial charge in [-0.1, -0.05) is 54.6 Å². The van der Waals surface area contributed by atoms with Gasteiger partial charge in [0.2, 0.25) is 0 Å². The van der Waals surface area contributed by atoms with Crippen LogP contribution in [0.15, 0.2) is 95.9 Å². The maximum Gasteiger partial charge on any atom is 0.293 e. The van der Waals surface area contributed by atoms with E-state index in [1.54, 1.807) is 36.4 Å². The van der Waals surface area contributed by atoms with Crippen molar-refractivity contribution in [2.45, 2.75) is 13.2 Å². The average molecular weight is 497 g/mol. The van der Waals surface area contributed by atoms with Crippen LogP contribution in [0.5, 0.6) is 5.75 Å². The molecule has 0 spiro atoms. The number of thioether (sulfide) groups is 1. The van der Waals surface area contributed by atoms with Crippen LogP contribution in [0, 0.1) is 10.1 Å². The number of amides is 2. The summed E-state index contributed by atoms with van der Waals surface area (Å²) in [6, 6.07) is 27.1. The minimum atomic E-state index is -0.447. The molecular weight excluding hydrogens is 476 g/mol. The van der Waals surface area contributed by atoms with Gasteiger partial charge in [0.05, 0.1) is 16.4 Å². The number of ether oxygens (including phenoxy) is 1. The van der Waals surface area contributed by atoms with Crippen molar-refractivity contribution in [3.8, 4) is 5.75 Å². The predicted octanol–water partition coefficient (Wildman–Crippen LogP) is 6.56. The van der Waals surface area contributed by atoms with E-state index >= 15 is 0 Å². The number of benzene rings is 4. The molecular formula is C28H20N2O5S. The highest BCUT2D eigenvalue weighted by Crippen LogP contribution is 2.34. The van der Waals surface area contributed by atoms with Gasteiger partial charge in [0, 0.05) is 12.1 Å². The predicted molar refractivity (Wildman–Crippen MR) is 139 cm³/mol. The van der Waals surface area contributed by atoms with Gasteiger partial charge in [0.1, 0.15) is 12.4 Å². The molecule has 1 aliphatic rings. The first-order valence-electron chi connectivity index (χ1n) is 11.2. The molecule has 5 rings (SSSR count). The van der Waals surface area contributed by atoms with Crippen LogP contribution in [-0.2, 0) is 17.9 Å². The van der Waals surface area contributed by atoms with Crippen molar-refractivity contribution in [1.29, 1.82) is 0 Å². The molecule has 4 aromatic carbocycles. The third-order valence-electron chi connectivity index (χ3n) is 5.79. The van der Waals surface area contributed by atoms with Crippen molar-refractivity contribution in [1.82, 2.24) is 4.90 Å². The summed E-state index contributed by atoms with van der Waals surface area (Å²) >= 11 is 0.924. The molecule has 178 valence electrons. The zero-order valence-electron chi connectivity index (χ0n) is 19.0. The maximum atomic E-state index is 13.1. The number of nitro benzene ring substituents is 1. The molecule has 0 atom stereocenters. The topological polar surface area (TPSA) is 89.7 Å². The first-order valence-corrected chi connectivity index (χ1v) is 12.0. The van der Waals surface area contributed by atoms with Gasteiger partial charge in [-0.2, -0.15) is 0 Å². The zero-order chi connectivity index (χ0) is 25.1. The second kappa shape index (κ2) is 10.1. The molecule has 2 amide bonds. The summed E-state index contributed by atoms with van der Waals surface area (Å²) in [5.74, 6) is 0.257. The van der Waals surface area contributed by atoms with Crippen LogP contribution < -0.4 is 4.74 Å². The van der Waals surface area contributed by atoms with Crippen LogP contribution >= 0.6 is 11.8 Å². The summed E-state index contributed by atoms with van der Waals surface area (Å²) in [7, 11) is 0. The second-order valence-corrected chi connectivity index (χ2v) is 9.18. The second-order valence-electron chi connectivity index (χ2n) is 8.19. The number of carbonyl (C=O) groups excluding carboxylic acids is 2. The summed E-state index contributed by atoms with van der Waals surface area (Å²) < 4.78 is 5.82. The van der Waals surface area contributed by atoms with Crippen molar-refractivity contribution >= 4 is 45.4 Å². The number of hydrogen-bond donors (Lipinski definition) is 0. The van der Waals surface area contributed by atoms with Crippen LogP contribution in [0.1, 0.15) is 16.7 Å². The van der Waals surface area contributed by atoms with Gasteiger partial charge >= 0.3 is 0 Å². The van der Waals surface area contributed by atoms with Gasteiger partial charge in [-0.3, -0.25) is 24.6 Å². The van der Waals surface area contributed by atoms with Crippen LogP contribution in [-0.4, -0.2) is 21.0 Å². The molecule has 0 aromatic heterocycles. The summed E-state index contributed by atoms with van der Waals surface area (Å²) in [6.07, 6.45) is 1.69. The minimum absolute atomic E-state index is 0.0233. The van der Waals surface area contributed by atoms with Crippen LogP contribution in [0.2, 0.25) is 0 Å². The van der Waals surface area contributed by atoms with Crippen molar-refractivity contribution in [3.63, 3.8) is 0 Å². The standard InChI is InChI=1S/C28H20N2O5S/c31-27-26(36-28(32)29(27)17-22-8-4-7-21-6-1-2-10-25(21)22)16-20-5-3-9-24(15-20)35-18-19-11-13-23(14-12-19)30(33)34/h1-16H,17-18H2/b26-16+. The molecule has 7 nitrogen and oxygen atoms in total. The normalized spacial score (nSPS) is 14.6. The van der Waals surface area contributed by atoms with E-state index in [1.807, 2.05) is 48.5 Å². The lowest BCUT2D eigenvalue weighted by Gasteiger charge is -2.14. The Morgan fingerprint density at radius 2 is 1.67 bits per heavy atom. The molecule has 0 aliphatic carbocycles. The number of carbonyl (C=O) groups is 2. The highest BCUT2D eigenvalue weighted by molar-refractivity contribution is 8.18. The number of fused-ring (bicyclic) bond motifs is 1. The van der Waals surface area contributed by atoms with Crippen LogP contribution in [0.3, 0.4) is 0 Å². The SMILES string of the molecule is O=C1S/C(=C/c2cccc(OCc3ccc([N+](=O)[O-])cc3)c2)C(=O)N1Cc1cccc2ccccc12.